The molecule has 0 bridgehead atoms. The van der Waals surface area contributed by atoms with Gasteiger partial charge in [-0.15, -0.1) is 0 Å². The standard InChI is InChI=1S/C12H13ClO/c1-12(2,9-14)8-7-10-5-3-4-6-11(10)13/h3-6,14H,9H2,1-2H3. The van der Waals surface area contributed by atoms with Gasteiger partial charge in [0.25, 0.3) is 0 Å². The highest BCUT2D eigenvalue weighted by Crippen LogP contribution is 2.16. The van der Waals surface area contributed by atoms with Gasteiger partial charge in [0.2, 0.25) is 0 Å². The molecule has 0 aliphatic heterocycles. The third kappa shape index (κ3) is 3.06. The lowest BCUT2D eigenvalue weighted by Gasteiger charge is -2.11. The van der Waals surface area contributed by atoms with Crippen LogP contribution in [0.4, 0.5) is 0 Å². The quantitative estimate of drug-likeness (QED) is 0.704. The second kappa shape index (κ2) is 4.50. The molecule has 1 N–H and O–H groups in total. The van der Waals surface area contributed by atoms with Crippen molar-refractivity contribution in [3.8, 4) is 11.8 Å². The number of aliphatic hydroxyl groups excluding tert-OH is 1. The minimum absolute atomic E-state index is 0.0461. The van der Waals surface area contributed by atoms with Crippen molar-refractivity contribution in [2.75, 3.05) is 6.61 Å². The first-order valence-corrected chi connectivity index (χ1v) is 4.81. The van der Waals surface area contributed by atoms with Gasteiger partial charge in [-0.1, -0.05) is 35.6 Å². The summed E-state index contributed by atoms with van der Waals surface area (Å²) < 4.78 is 0. The number of aliphatic hydroxyl groups is 1. The maximum absolute atomic E-state index is 9.01. The molecule has 0 aromatic heterocycles. The second-order valence-corrected chi connectivity index (χ2v) is 4.18. The Hall–Kier alpha value is -0.970. The van der Waals surface area contributed by atoms with Crippen LogP contribution in [0.1, 0.15) is 19.4 Å². The normalized spacial score (nSPS) is 10.6. The first-order chi connectivity index (χ1) is 6.55. The van der Waals surface area contributed by atoms with E-state index in [9.17, 15) is 0 Å². The van der Waals surface area contributed by atoms with Crippen molar-refractivity contribution in [2.45, 2.75) is 13.8 Å². The van der Waals surface area contributed by atoms with Crippen LogP contribution >= 0.6 is 11.6 Å². The summed E-state index contributed by atoms with van der Waals surface area (Å²) in [5.41, 5.74) is 0.426. The minimum atomic E-state index is -0.376. The highest BCUT2D eigenvalue weighted by Gasteiger charge is 2.11. The molecule has 0 fully saturated rings. The molecule has 0 radical (unpaired) electrons. The van der Waals surface area contributed by atoms with Crippen molar-refractivity contribution in [3.05, 3.63) is 34.9 Å². The van der Waals surface area contributed by atoms with E-state index in [1.807, 2.05) is 32.0 Å². The second-order valence-electron chi connectivity index (χ2n) is 3.77. The van der Waals surface area contributed by atoms with Crippen molar-refractivity contribution in [1.29, 1.82) is 0 Å². The van der Waals surface area contributed by atoms with Gasteiger partial charge >= 0.3 is 0 Å². The third-order valence-corrected chi connectivity index (χ3v) is 2.13. The van der Waals surface area contributed by atoms with E-state index in [4.69, 9.17) is 16.7 Å². The summed E-state index contributed by atoms with van der Waals surface area (Å²) in [6.07, 6.45) is 0. The fourth-order valence-electron chi connectivity index (χ4n) is 0.839. The van der Waals surface area contributed by atoms with Gasteiger partial charge in [-0.05, 0) is 26.0 Å². The molecule has 0 spiro atoms. The molecule has 0 saturated carbocycles. The highest BCUT2D eigenvalue weighted by molar-refractivity contribution is 6.31. The summed E-state index contributed by atoms with van der Waals surface area (Å²) in [4.78, 5) is 0. The molecule has 1 aromatic rings. The molecule has 0 aliphatic carbocycles. The Balaban J connectivity index is 2.94. The molecule has 0 amide bonds. The predicted molar refractivity (Wildman–Crippen MR) is 59.2 cm³/mol. The lowest BCUT2D eigenvalue weighted by atomic mass is 9.95. The number of rotatable bonds is 1. The molecule has 0 aliphatic rings. The van der Waals surface area contributed by atoms with E-state index in [1.54, 1.807) is 6.07 Å². The first kappa shape index (κ1) is 11.1. The van der Waals surface area contributed by atoms with Gasteiger partial charge in [-0.25, -0.2) is 0 Å². The monoisotopic (exact) mass is 208 g/mol. The smallest absolute Gasteiger partial charge is 0.0591 e. The van der Waals surface area contributed by atoms with Crippen molar-refractivity contribution >= 4 is 11.6 Å². The van der Waals surface area contributed by atoms with Crippen LogP contribution in [0.25, 0.3) is 0 Å². The van der Waals surface area contributed by atoms with Gasteiger partial charge in [-0.2, -0.15) is 0 Å². The lowest BCUT2D eigenvalue weighted by molar-refractivity contribution is 0.206. The van der Waals surface area contributed by atoms with E-state index in [-0.39, 0.29) is 12.0 Å². The van der Waals surface area contributed by atoms with Crippen LogP contribution < -0.4 is 0 Å². The van der Waals surface area contributed by atoms with E-state index in [2.05, 4.69) is 11.8 Å². The molecule has 1 rings (SSSR count). The summed E-state index contributed by atoms with van der Waals surface area (Å²) in [6, 6.07) is 7.42. The highest BCUT2D eigenvalue weighted by atomic mass is 35.5. The average molecular weight is 209 g/mol. The maximum atomic E-state index is 9.01. The Morgan fingerprint density at radius 1 is 1.36 bits per heavy atom. The summed E-state index contributed by atoms with van der Waals surface area (Å²) in [6.45, 7) is 3.82. The Labute approximate surface area is 89.7 Å². The van der Waals surface area contributed by atoms with Gasteiger partial charge in [0, 0.05) is 11.0 Å². The molecule has 14 heavy (non-hydrogen) atoms. The van der Waals surface area contributed by atoms with Crippen LogP contribution in [0.3, 0.4) is 0 Å². The van der Waals surface area contributed by atoms with Gasteiger partial charge in [-0.3, -0.25) is 0 Å². The van der Waals surface area contributed by atoms with Gasteiger partial charge in [0.1, 0.15) is 0 Å². The third-order valence-electron chi connectivity index (χ3n) is 1.80. The molecular weight excluding hydrogens is 196 g/mol. The van der Waals surface area contributed by atoms with Gasteiger partial charge < -0.3 is 5.11 Å². The Kier molecular flexibility index (Phi) is 3.57. The fraction of sp³-hybridized carbons (Fsp3) is 0.333. The van der Waals surface area contributed by atoms with Crippen molar-refractivity contribution in [2.24, 2.45) is 5.41 Å². The Morgan fingerprint density at radius 3 is 2.57 bits per heavy atom. The Morgan fingerprint density at radius 2 is 2.00 bits per heavy atom. The molecule has 1 nitrogen and oxygen atoms in total. The number of hydrogen-bond acceptors (Lipinski definition) is 1. The van der Waals surface area contributed by atoms with Crippen molar-refractivity contribution in [3.63, 3.8) is 0 Å². The van der Waals surface area contributed by atoms with Crippen LogP contribution in [0.2, 0.25) is 5.02 Å². The van der Waals surface area contributed by atoms with Crippen LogP contribution in [-0.4, -0.2) is 11.7 Å². The zero-order chi connectivity index (χ0) is 10.6. The molecule has 0 atom stereocenters. The summed E-state index contributed by atoms with van der Waals surface area (Å²) in [5, 5.41) is 9.65. The summed E-state index contributed by atoms with van der Waals surface area (Å²) >= 11 is 5.93. The minimum Gasteiger partial charge on any atom is -0.395 e. The van der Waals surface area contributed by atoms with Crippen molar-refractivity contribution in [1.82, 2.24) is 0 Å². The summed E-state index contributed by atoms with van der Waals surface area (Å²) in [7, 11) is 0. The summed E-state index contributed by atoms with van der Waals surface area (Å²) in [5.74, 6) is 5.94. The van der Waals surface area contributed by atoms with E-state index < -0.39 is 0 Å². The molecule has 0 unspecified atom stereocenters. The van der Waals surface area contributed by atoms with E-state index in [0.717, 1.165) is 5.56 Å². The molecule has 2 heteroatoms. The number of benzene rings is 1. The topological polar surface area (TPSA) is 20.2 Å². The number of hydrogen-bond donors (Lipinski definition) is 1. The van der Waals surface area contributed by atoms with Crippen LogP contribution in [-0.2, 0) is 0 Å². The van der Waals surface area contributed by atoms with Crippen LogP contribution in [0.15, 0.2) is 24.3 Å². The van der Waals surface area contributed by atoms with Crippen molar-refractivity contribution < 1.29 is 5.11 Å². The SMILES string of the molecule is CC(C)(C#Cc1ccccc1Cl)CO. The van der Waals surface area contributed by atoms with Gasteiger partial charge in [0.05, 0.1) is 11.6 Å². The first-order valence-electron chi connectivity index (χ1n) is 4.44. The molecule has 1 aromatic carbocycles. The van der Waals surface area contributed by atoms with E-state index >= 15 is 0 Å². The van der Waals surface area contributed by atoms with Gasteiger partial charge in [0.15, 0.2) is 0 Å². The van der Waals surface area contributed by atoms with Crippen LogP contribution in [0, 0.1) is 17.3 Å². The van der Waals surface area contributed by atoms with E-state index in [0.29, 0.717) is 5.02 Å². The zero-order valence-corrected chi connectivity index (χ0v) is 9.10. The maximum Gasteiger partial charge on any atom is 0.0591 e. The van der Waals surface area contributed by atoms with Crippen LogP contribution in [0.5, 0.6) is 0 Å². The molecule has 0 heterocycles. The molecular formula is C12H13ClO. The molecule has 0 saturated heterocycles. The lowest BCUT2D eigenvalue weighted by Crippen LogP contribution is -2.13. The fourth-order valence-corrected chi connectivity index (χ4v) is 1.02. The Bertz CT molecular complexity index is 371. The molecule has 74 valence electrons. The van der Waals surface area contributed by atoms with E-state index in [1.165, 1.54) is 0 Å². The average Bonchev–Trinajstić information content (AvgIpc) is 2.17. The number of halogens is 1. The largest absolute Gasteiger partial charge is 0.395 e. The zero-order valence-electron chi connectivity index (χ0n) is 8.34. The predicted octanol–water partition coefficient (Wildman–Crippen LogP) is 2.71.